The minimum absolute atomic E-state index is 0.00860. The minimum Gasteiger partial charge on any atom is -0.448 e. The second-order valence-corrected chi connectivity index (χ2v) is 8.04. The maximum absolute atomic E-state index is 12.6. The molecule has 2 atom stereocenters. The van der Waals surface area contributed by atoms with Gasteiger partial charge in [0.15, 0.2) is 0 Å². The largest absolute Gasteiger partial charge is 0.448 e. The van der Waals surface area contributed by atoms with Crippen LogP contribution in [0, 0.1) is 0 Å². The molecule has 0 heterocycles. The molecule has 0 spiro atoms. The van der Waals surface area contributed by atoms with Crippen molar-refractivity contribution in [1.82, 2.24) is 0 Å². The number of hydrogen-bond donors (Lipinski definition) is 2. The van der Waals surface area contributed by atoms with Crippen LogP contribution in [-0.4, -0.2) is 40.5 Å². The number of rotatable bonds is 9. The Balaban J connectivity index is 5.52. The van der Waals surface area contributed by atoms with Crippen LogP contribution < -0.4 is 0 Å². The van der Waals surface area contributed by atoms with E-state index in [9.17, 15) is 23.7 Å². The Labute approximate surface area is 118 Å². The van der Waals surface area contributed by atoms with Crippen molar-refractivity contribution in [3.8, 4) is 0 Å². The van der Waals surface area contributed by atoms with Crippen LogP contribution in [0.1, 0.15) is 34.1 Å². The van der Waals surface area contributed by atoms with Crippen molar-refractivity contribution in [1.29, 1.82) is 0 Å². The standard InChI is InChI=1S/C10H22O8P2/c1-5-9(11)18-10(8(4)19(12,13)14)20(15,16-6-2)17-7-3/h8,10H,5-7H2,1-4H3,(H2,12,13,14). The van der Waals surface area contributed by atoms with Crippen LogP contribution in [0.25, 0.3) is 0 Å². The first-order chi connectivity index (χ1) is 9.12. The number of carbonyl (C=O) groups excluding carboxylic acids is 1. The molecular weight excluding hydrogens is 310 g/mol. The van der Waals surface area contributed by atoms with Crippen LogP contribution in [-0.2, 0) is 27.7 Å². The minimum atomic E-state index is -4.63. The number of esters is 1. The molecule has 0 aromatic rings. The fourth-order valence-corrected chi connectivity index (χ4v) is 4.62. The molecule has 20 heavy (non-hydrogen) atoms. The van der Waals surface area contributed by atoms with Crippen molar-refractivity contribution in [3.05, 3.63) is 0 Å². The molecule has 120 valence electrons. The van der Waals surface area contributed by atoms with Crippen molar-refractivity contribution < 1.29 is 37.5 Å². The molecule has 0 fully saturated rings. The molecule has 0 amide bonds. The van der Waals surface area contributed by atoms with Crippen LogP contribution in [0.3, 0.4) is 0 Å². The Morgan fingerprint density at radius 2 is 1.55 bits per heavy atom. The van der Waals surface area contributed by atoms with Crippen LogP contribution in [0.5, 0.6) is 0 Å². The number of hydrogen-bond acceptors (Lipinski definition) is 6. The summed E-state index contributed by atoms with van der Waals surface area (Å²) in [6.07, 6.45) is -0.0252. The van der Waals surface area contributed by atoms with Gasteiger partial charge in [-0.1, -0.05) is 6.92 Å². The van der Waals surface area contributed by atoms with E-state index in [1.807, 2.05) is 0 Å². The molecule has 0 aliphatic carbocycles. The Kier molecular flexibility index (Phi) is 8.18. The Bertz CT molecular complexity index is 394. The molecule has 0 aromatic carbocycles. The monoisotopic (exact) mass is 332 g/mol. The van der Waals surface area contributed by atoms with Crippen LogP contribution in [0.4, 0.5) is 0 Å². The lowest BCUT2D eigenvalue weighted by molar-refractivity contribution is -0.146. The topological polar surface area (TPSA) is 119 Å². The Hall–Kier alpha value is -0.230. The van der Waals surface area contributed by atoms with E-state index >= 15 is 0 Å². The van der Waals surface area contributed by atoms with Crippen LogP contribution >= 0.6 is 15.2 Å². The molecule has 0 aromatic heterocycles. The highest BCUT2D eigenvalue weighted by atomic mass is 31.2. The molecule has 8 nitrogen and oxygen atoms in total. The third-order valence-corrected chi connectivity index (χ3v) is 6.39. The van der Waals surface area contributed by atoms with Gasteiger partial charge in [-0.3, -0.25) is 13.9 Å². The lowest BCUT2D eigenvalue weighted by Crippen LogP contribution is -2.31. The zero-order chi connectivity index (χ0) is 16.0. The summed E-state index contributed by atoms with van der Waals surface area (Å²) in [7, 11) is -8.62. The Morgan fingerprint density at radius 1 is 1.10 bits per heavy atom. The van der Waals surface area contributed by atoms with E-state index in [4.69, 9.17) is 13.8 Å². The van der Waals surface area contributed by atoms with E-state index in [2.05, 4.69) is 0 Å². The van der Waals surface area contributed by atoms with Gasteiger partial charge in [-0.15, -0.1) is 0 Å². The molecule has 0 bridgehead atoms. The normalized spacial score (nSPS) is 15.7. The first-order valence-electron chi connectivity index (χ1n) is 6.25. The van der Waals surface area contributed by atoms with Crippen molar-refractivity contribution in [2.45, 2.75) is 45.6 Å². The maximum Gasteiger partial charge on any atom is 0.371 e. The summed E-state index contributed by atoms with van der Waals surface area (Å²) in [6.45, 7) is 5.72. The molecule has 2 N–H and O–H groups in total. The van der Waals surface area contributed by atoms with Crippen molar-refractivity contribution >= 4 is 21.2 Å². The number of ether oxygens (including phenoxy) is 1. The van der Waals surface area contributed by atoms with E-state index in [-0.39, 0.29) is 19.6 Å². The molecule has 0 radical (unpaired) electrons. The molecular formula is C10H22O8P2. The van der Waals surface area contributed by atoms with E-state index in [0.29, 0.717) is 0 Å². The highest BCUT2D eigenvalue weighted by molar-refractivity contribution is 7.58. The van der Waals surface area contributed by atoms with Gasteiger partial charge in [0.05, 0.1) is 13.2 Å². The molecule has 0 rings (SSSR count). The van der Waals surface area contributed by atoms with Gasteiger partial charge in [0, 0.05) is 6.42 Å². The summed E-state index contributed by atoms with van der Waals surface area (Å²) in [5.74, 6) is -2.38. The van der Waals surface area contributed by atoms with Crippen LogP contribution in [0.15, 0.2) is 0 Å². The highest BCUT2D eigenvalue weighted by Crippen LogP contribution is 2.60. The van der Waals surface area contributed by atoms with Crippen molar-refractivity contribution in [3.63, 3.8) is 0 Å². The zero-order valence-electron chi connectivity index (χ0n) is 12.0. The van der Waals surface area contributed by atoms with Gasteiger partial charge in [0.25, 0.3) is 0 Å². The van der Waals surface area contributed by atoms with E-state index in [0.717, 1.165) is 6.92 Å². The lowest BCUT2D eigenvalue weighted by Gasteiger charge is -2.30. The predicted molar refractivity (Wildman–Crippen MR) is 72.5 cm³/mol. The van der Waals surface area contributed by atoms with E-state index < -0.39 is 32.7 Å². The Morgan fingerprint density at radius 3 is 1.85 bits per heavy atom. The third kappa shape index (κ3) is 5.64. The summed E-state index contributed by atoms with van der Waals surface area (Å²) in [5.41, 5.74) is -1.50. The van der Waals surface area contributed by atoms with E-state index in [1.165, 1.54) is 6.92 Å². The van der Waals surface area contributed by atoms with Gasteiger partial charge in [-0.2, -0.15) is 0 Å². The second kappa shape index (κ2) is 8.27. The molecule has 0 aliphatic rings. The van der Waals surface area contributed by atoms with Crippen molar-refractivity contribution in [2.24, 2.45) is 0 Å². The SMILES string of the molecule is CCOP(=O)(OCC)C(OC(=O)CC)C(C)P(=O)(O)O. The maximum atomic E-state index is 12.6. The van der Waals surface area contributed by atoms with Gasteiger partial charge < -0.3 is 23.6 Å². The first-order valence-corrected chi connectivity index (χ1v) is 9.55. The quantitative estimate of drug-likeness (QED) is 0.486. The zero-order valence-corrected chi connectivity index (χ0v) is 13.8. The van der Waals surface area contributed by atoms with Gasteiger partial charge in [0.2, 0.25) is 5.85 Å². The fourth-order valence-electron chi connectivity index (χ4n) is 1.36. The highest BCUT2D eigenvalue weighted by Gasteiger charge is 2.48. The summed E-state index contributed by atoms with van der Waals surface area (Å²) < 4.78 is 38.9. The summed E-state index contributed by atoms with van der Waals surface area (Å²) >= 11 is 0. The molecule has 0 aliphatic heterocycles. The third-order valence-electron chi connectivity index (χ3n) is 2.41. The van der Waals surface area contributed by atoms with Gasteiger partial charge in [-0.25, -0.2) is 0 Å². The summed E-state index contributed by atoms with van der Waals surface area (Å²) in [4.78, 5) is 29.9. The average molecular weight is 332 g/mol. The summed E-state index contributed by atoms with van der Waals surface area (Å²) in [5, 5.41) is 0. The molecule has 0 saturated heterocycles. The average Bonchev–Trinajstić information content (AvgIpc) is 2.34. The second-order valence-electron chi connectivity index (χ2n) is 3.94. The predicted octanol–water partition coefficient (Wildman–Crippen LogP) is 2.10. The first kappa shape index (κ1) is 19.8. The van der Waals surface area contributed by atoms with Gasteiger partial charge in [0.1, 0.15) is 5.66 Å². The van der Waals surface area contributed by atoms with Crippen LogP contribution in [0.2, 0.25) is 0 Å². The van der Waals surface area contributed by atoms with Gasteiger partial charge >= 0.3 is 21.2 Å². The van der Waals surface area contributed by atoms with Gasteiger partial charge in [-0.05, 0) is 20.8 Å². The smallest absolute Gasteiger partial charge is 0.371 e. The molecule has 10 heteroatoms. The van der Waals surface area contributed by atoms with Crippen molar-refractivity contribution in [2.75, 3.05) is 13.2 Å². The number of carbonyl (C=O) groups is 1. The molecule has 2 unspecified atom stereocenters. The van der Waals surface area contributed by atoms with E-state index in [1.54, 1.807) is 13.8 Å². The lowest BCUT2D eigenvalue weighted by atomic mass is 10.5. The fraction of sp³-hybridized carbons (Fsp3) is 0.900. The summed E-state index contributed by atoms with van der Waals surface area (Å²) in [6, 6.07) is 0. The molecule has 0 saturated carbocycles.